The van der Waals surface area contributed by atoms with Crippen molar-refractivity contribution in [3.8, 4) is 11.5 Å². The lowest BCUT2D eigenvalue weighted by Gasteiger charge is -2.49. The number of carbonyl (C=O) groups excluding carboxylic acids is 1. The molecule has 3 aliphatic rings. The summed E-state index contributed by atoms with van der Waals surface area (Å²) in [7, 11) is 5.18. The van der Waals surface area contributed by atoms with Crippen LogP contribution in [0, 0.1) is 5.41 Å². The highest BCUT2D eigenvalue weighted by Crippen LogP contribution is 2.45. The Morgan fingerprint density at radius 3 is 2.33 bits per heavy atom. The molecule has 2 N–H and O–H groups in total. The lowest BCUT2D eigenvalue weighted by Crippen LogP contribution is -2.70. The maximum atomic E-state index is 13.7. The number of fused-ring (bicyclic) bond motifs is 1. The number of amidine groups is 1. The predicted octanol–water partition coefficient (Wildman–Crippen LogP) is 2.68. The first-order valence-electron chi connectivity index (χ1n) is 9.90. The molecule has 3 heterocycles. The highest BCUT2D eigenvalue weighted by Gasteiger charge is 2.61. The van der Waals surface area contributed by atoms with Crippen LogP contribution >= 0.6 is 0 Å². The number of ketones is 1. The van der Waals surface area contributed by atoms with Crippen LogP contribution in [-0.2, 0) is 11.2 Å². The fraction of sp³-hybridized carbons (Fsp3) is 0.304. The van der Waals surface area contributed by atoms with Gasteiger partial charge in [-0.25, -0.2) is 0 Å². The lowest BCUT2D eigenvalue weighted by atomic mass is 9.84. The smallest absolute Gasteiger partial charge is 0.196 e. The van der Waals surface area contributed by atoms with Crippen molar-refractivity contribution in [2.75, 3.05) is 44.6 Å². The Kier molecular flexibility index (Phi) is 4.11. The number of ether oxygens (including phenoxy) is 2. The minimum Gasteiger partial charge on any atom is -0.497 e. The van der Waals surface area contributed by atoms with Crippen LogP contribution in [0.3, 0.4) is 0 Å². The molecule has 2 fully saturated rings. The summed E-state index contributed by atoms with van der Waals surface area (Å²) < 4.78 is 10.9. The van der Waals surface area contributed by atoms with Crippen molar-refractivity contribution in [1.82, 2.24) is 4.90 Å². The van der Waals surface area contributed by atoms with Gasteiger partial charge in [-0.2, -0.15) is 0 Å². The molecule has 0 aliphatic carbocycles. The molecule has 7 heteroatoms. The number of Topliss-reactive ketones (excluding diaryl/α,β-unsaturated/α-hetero) is 1. The molecular formula is C23H24N4O3. The number of allylic oxidation sites excluding steroid dienone is 1. The molecule has 0 saturated carbocycles. The Labute approximate surface area is 175 Å². The number of likely N-dealkylation sites (tertiary alicyclic amines) is 1. The zero-order valence-corrected chi connectivity index (χ0v) is 17.3. The molecule has 2 aromatic carbocycles. The van der Waals surface area contributed by atoms with Crippen LogP contribution in [-0.4, -0.2) is 56.4 Å². The van der Waals surface area contributed by atoms with Crippen LogP contribution in [0.4, 0.5) is 11.4 Å². The summed E-state index contributed by atoms with van der Waals surface area (Å²) in [6.45, 7) is 1.13. The molecule has 2 aromatic rings. The first kappa shape index (κ1) is 18.7. The molecule has 1 spiro atoms. The van der Waals surface area contributed by atoms with E-state index in [1.165, 1.54) is 0 Å². The van der Waals surface area contributed by atoms with Crippen molar-refractivity contribution in [3.63, 3.8) is 0 Å². The summed E-state index contributed by atoms with van der Waals surface area (Å²) in [5.41, 5.74) is 3.37. The number of anilines is 2. The summed E-state index contributed by atoms with van der Waals surface area (Å²) in [6, 6.07) is 13.5. The van der Waals surface area contributed by atoms with Crippen LogP contribution in [0.5, 0.6) is 11.5 Å². The number of para-hydroxylation sites is 1. The second-order valence-electron chi connectivity index (χ2n) is 8.10. The van der Waals surface area contributed by atoms with E-state index in [1.54, 1.807) is 20.3 Å². The molecule has 5 rings (SSSR count). The summed E-state index contributed by atoms with van der Waals surface area (Å²) in [6.07, 6.45) is 0.626. The Morgan fingerprint density at radius 2 is 1.73 bits per heavy atom. The zero-order valence-electron chi connectivity index (χ0n) is 17.3. The second-order valence-corrected chi connectivity index (χ2v) is 8.10. The van der Waals surface area contributed by atoms with Crippen molar-refractivity contribution in [2.45, 2.75) is 12.0 Å². The van der Waals surface area contributed by atoms with Crippen molar-refractivity contribution < 1.29 is 14.3 Å². The fourth-order valence-electron chi connectivity index (χ4n) is 4.82. The molecule has 0 bridgehead atoms. The molecule has 0 radical (unpaired) electrons. The van der Waals surface area contributed by atoms with E-state index in [0.29, 0.717) is 36.6 Å². The third-order valence-electron chi connectivity index (χ3n) is 6.17. The maximum Gasteiger partial charge on any atom is 0.196 e. The lowest BCUT2D eigenvalue weighted by molar-refractivity contribution is -0.123. The number of nitrogens with one attached hydrogen (secondary N) is 2. The average molecular weight is 404 g/mol. The topological polar surface area (TPSA) is 77.9 Å². The van der Waals surface area contributed by atoms with Crippen LogP contribution in [0.2, 0.25) is 0 Å². The van der Waals surface area contributed by atoms with Crippen molar-refractivity contribution in [3.05, 3.63) is 59.3 Å². The zero-order chi connectivity index (χ0) is 21.0. The number of hydrogen-bond acceptors (Lipinski definition) is 6. The van der Waals surface area contributed by atoms with Gasteiger partial charge in [0, 0.05) is 49.1 Å². The molecule has 7 nitrogen and oxygen atoms in total. The van der Waals surface area contributed by atoms with E-state index in [9.17, 15) is 4.79 Å². The van der Waals surface area contributed by atoms with Gasteiger partial charge in [-0.3, -0.25) is 10.2 Å². The van der Waals surface area contributed by atoms with Gasteiger partial charge in [0.15, 0.2) is 5.78 Å². The number of rotatable bonds is 3. The van der Waals surface area contributed by atoms with E-state index in [0.717, 1.165) is 22.6 Å². The fourth-order valence-corrected chi connectivity index (χ4v) is 4.82. The van der Waals surface area contributed by atoms with Crippen LogP contribution in [0.1, 0.15) is 5.56 Å². The van der Waals surface area contributed by atoms with Crippen LogP contribution in [0.25, 0.3) is 0 Å². The first-order chi connectivity index (χ1) is 14.5. The predicted molar refractivity (Wildman–Crippen MR) is 116 cm³/mol. The highest BCUT2D eigenvalue weighted by atomic mass is 16.5. The quantitative estimate of drug-likeness (QED) is 0.766. The van der Waals surface area contributed by atoms with Gasteiger partial charge in [-0.15, -0.1) is 0 Å². The normalized spacial score (nSPS) is 22.2. The number of nitrogens with zero attached hydrogens (tertiary/aromatic N) is 2. The van der Waals surface area contributed by atoms with Crippen molar-refractivity contribution in [1.29, 1.82) is 5.41 Å². The van der Waals surface area contributed by atoms with Crippen molar-refractivity contribution >= 4 is 23.0 Å². The Morgan fingerprint density at radius 1 is 1.07 bits per heavy atom. The summed E-state index contributed by atoms with van der Waals surface area (Å²) >= 11 is 0. The van der Waals surface area contributed by atoms with E-state index in [4.69, 9.17) is 14.9 Å². The van der Waals surface area contributed by atoms with Gasteiger partial charge >= 0.3 is 0 Å². The largest absolute Gasteiger partial charge is 0.497 e. The van der Waals surface area contributed by atoms with E-state index in [-0.39, 0.29) is 11.6 Å². The Bertz CT molecular complexity index is 1050. The van der Waals surface area contributed by atoms with Gasteiger partial charge in [-0.1, -0.05) is 18.2 Å². The molecular weight excluding hydrogens is 380 g/mol. The third-order valence-corrected chi connectivity index (χ3v) is 6.17. The minimum absolute atomic E-state index is 0.00249. The highest BCUT2D eigenvalue weighted by molar-refractivity contribution is 6.37. The number of methoxy groups -OCH3 is 2. The maximum absolute atomic E-state index is 13.7. The second kappa shape index (κ2) is 6.60. The minimum atomic E-state index is -0.776. The van der Waals surface area contributed by atoms with E-state index in [1.807, 2.05) is 42.3 Å². The summed E-state index contributed by atoms with van der Waals surface area (Å²) in [4.78, 5) is 17.7. The van der Waals surface area contributed by atoms with E-state index < -0.39 is 5.54 Å². The van der Waals surface area contributed by atoms with Gasteiger partial charge in [0.25, 0.3) is 0 Å². The van der Waals surface area contributed by atoms with Crippen molar-refractivity contribution in [2.24, 2.45) is 0 Å². The van der Waals surface area contributed by atoms with Gasteiger partial charge in [-0.05, 0) is 18.7 Å². The monoisotopic (exact) mass is 404 g/mol. The van der Waals surface area contributed by atoms with Crippen LogP contribution in [0.15, 0.2) is 53.7 Å². The molecule has 2 saturated heterocycles. The molecule has 0 unspecified atom stereocenters. The number of likely N-dealkylation sites (N-methyl/N-ethyl adjacent to an activating group) is 1. The third kappa shape index (κ3) is 2.55. The summed E-state index contributed by atoms with van der Waals surface area (Å²) in [5.74, 6) is 1.47. The molecule has 3 aliphatic heterocycles. The average Bonchev–Trinajstić information content (AvgIpc) is 3.24. The number of hydrogen-bond donors (Lipinski definition) is 2. The number of benzene rings is 2. The number of carbonyl (C=O) groups is 1. The Hall–Kier alpha value is -3.32. The van der Waals surface area contributed by atoms with E-state index >= 15 is 0 Å². The molecule has 154 valence electrons. The van der Waals surface area contributed by atoms with Gasteiger partial charge < -0.3 is 24.6 Å². The van der Waals surface area contributed by atoms with Gasteiger partial charge in [0.1, 0.15) is 22.9 Å². The molecule has 0 atom stereocenters. The summed E-state index contributed by atoms with van der Waals surface area (Å²) in [5, 5.41) is 12.4. The first-order valence-corrected chi connectivity index (χ1v) is 9.90. The molecule has 0 aromatic heterocycles. The standard InChI is InChI=1S/C23H24N4O3/c1-26-12-23(13-26)21(28)20(19-8-14-6-4-5-7-18(14)25-19)22(24)27(23)15-9-16(29-2)11-17(10-15)30-3/h4-7,9-11,24-25H,8,12-13H2,1-3H3. The van der Waals surface area contributed by atoms with Gasteiger partial charge in [0.2, 0.25) is 0 Å². The van der Waals surface area contributed by atoms with Gasteiger partial charge in [0.05, 0.1) is 25.5 Å². The molecule has 30 heavy (non-hydrogen) atoms. The van der Waals surface area contributed by atoms with Crippen LogP contribution < -0.4 is 19.7 Å². The molecule has 0 amide bonds. The Balaban J connectivity index is 1.63. The SMILES string of the molecule is COc1cc(OC)cc(N2C(=N)C(=C3Cc4ccccc4N3)C(=O)C23CN(C)C3)c1. The van der Waals surface area contributed by atoms with E-state index in [2.05, 4.69) is 16.3 Å².